The van der Waals surface area contributed by atoms with Gasteiger partial charge in [-0.1, -0.05) is 18.2 Å². The third-order valence-corrected chi connectivity index (χ3v) is 2.41. The summed E-state index contributed by atoms with van der Waals surface area (Å²) in [6.45, 7) is 1.87. The summed E-state index contributed by atoms with van der Waals surface area (Å²) in [6, 6.07) is 9.41. The topological polar surface area (TPSA) is 62.2 Å². The number of pyridine rings is 1. The van der Waals surface area contributed by atoms with Crippen molar-refractivity contribution in [1.29, 1.82) is 0 Å². The van der Waals surface area contributed by atoms with Crippen molar-refractivity contribution in [2.24, 2.45) is 0 Å². The van der Waals surface area contributed by atoms with E-state index in [4.69, 9.17) is 5.11 Å². The summed E-state index contributed by atoms with van der Waals surface area (Å²) in [7, 11) is 0. The second-order valence-corrected chi connectivity index (χ2v) is 3.98. The number of benzene rings is 1. The number of fused-ring (bicyclic) bond motifs is 1. The number of rotatable bonds is 3. The Kier molecular flexibility index (Phi) is 3.35. The molecule has 2 N–H and O–H groups in total. The zero-order valence-corrected chi connectivity index (χ0v) is 9.55. The van der Waals surface area contributed by atoms with Crippen molar-refractivity contribution in [1.82, 2.24) is 10.3 Å². The number of nitrogens with zero attached hydrogens (tertiary/aromatic N) is 1. The maximum atomic E-state index is 11.7. The van der Waals surface area contributed by atoms with E-state index in [1.807, 2.05) is 24.3 Å². The summed E-state index contributed by atoms with van der Waals surface area (Å²) in [4.78, 5) is 15.9. The van der Waals surface area contributed by atoms with Crippen molar-refractivity contribution in [2.45, 2.75) is 13.0 Å². The predicted molar refractivity (Wildman–Crippen MR) is 65.8 cm³/mol. The molecule has 0 saturated heterocycles. The van der Waals surface area contributed by atoms with Crippen molar-refractivity contribution in [3.63, 3.8) is 0 Å². The highest BCUT2D eigenvalue weighted by Gasteiger charge is 2.07. The van der Waals surface area contributed by atoms with Crippen LogP contribution in [0.1, 0.15) is 17.3 Å². The fourth-order valence-electron chi connectivity index (χ4n) is 1.54. The average Bonchev–Trinajstić information content (AvgIpc) is 2.35. The van der Waals surface area contributed by atoms with Gasteiger partial charge in [-0.05, 0) is 19.1 Å². The lowest BCUT2D eigenvalue weighted by Gasteiger charge is -2.07. The Balaban J connectivity index is 2.21. The molecule has 0 spiro atoms. The Bertz CT molecular complexity index is 538. The summed E-state index contributed by atoms with van der Waals surface area (Å²) in [5.41, 5.74) is 1.36. The number of carbonyl (C=O) groups is 1. The summed E-state index contributed by atoms with van der Waals surface area (Å²) in [5.74, 6) is -0.218. The van der Waals surface area contributed by atoms with E-state index < -0.39 is 6.10 Å². The third kappa shape index (κ3) is 2.79. The van der Waals surface area contributed by atoms with Crippen molar-refractivity contribution in [2.75, 3.05) is 6.54 Å². The van der Waals surface area contributed by atoms with Gasteiger partial charge in [-0.25, -0.2) is 0 Å². The number of aliphatic hydroxyl groups excluding tert-OH is 1. The monoisotopic (exact) mass is 230 g/mol. The predicted octanol–water partition coefficient (Wildman–Crippen LogP) is 1.35. The molecule has 1 unspecified atom stereocenters. The first kappa shape index (κ1) is 11.5. The molecule has 0 aliphatic heterocycles. The van der Waals surface area contributed by atoms with Crippen LogP contribution in [0.15, 0.2) is 36.5 Å². The van der Waals surface area contributed by atoms with Crippen molar-refractivity contribution >= 4 is 16.8 Å². The van der Waals surface area contributed by atoms with Crippen molar-refractivity contribution in [3.8, 4) is 0 Å². The van der Waals surface area contributed by atoms with E-state index in [0.29, 0.717) is 5.56 Å². The Morgan fingerprint density at radius 3 is 3.00 bits per heavy atom. The van der Waals surface area contributed by atoms with E-state index in [1.165, 1.54) is 0 Å². The van der Waals surface area contributed by atoms with Gasteiger partial charge in [-0.2, -0.15) is 0 Å². The molecule has 17 heavy (non-hydrogen) atoms. The summed E-state index contributed by atoms with van der Waals surface area (Å²) in [5, 5.41) is 12.7. The standard InChI is InChI=1S/C13H14N2O2/c1-9(16)7-15-13(17)11-6-10-4-2-3-5-12(10)14-8-11/h2-6,8-9,16H,7H2,1H3,(H,15,17). The molecule has 1 atom stereocenters. The molecule has 88 valence electrons. The van der Waals surface area contributed by atoms with Gasteiger partial charge in [0.2, 0.25) is 0 Å². The number of amides is 1. The maximum Gasteiger partial charge on any atom is 0.252 e. The van der Waals surface area contributed by atoms with Crippen LogP contribution in [0.3, 0.4) is 0 Å². The molecule has 2 aromatic rings. The second kappa shape index (κ2) is 4.93. The molecule has 1 aromatic carbocycles. The molecule has 1 aromatic heterocycles. The molecule has 1 heterocycles. The zero-order valence-electron chi connectivity index (χ0n) is 9.55. The molecule has 0 fully saturated rings. The Hall–Kier alpha value is -1.94. The molecule has 0 aliphatic rings. The maximum absolute atomic E-state index is 11.7. The summed E-state index contributed by atoms with van der Waals surface area (Å²) < 4.78 is 0. The number of hydrogen-bond acceptors (Lipinski definition) is 3. The number of aliphatic hydroxyl groups is 1. The van der Waals surface area contributed by atoms with Crippen LogP contribution in [0.4, 0.5) is 0 Å². The average molecular weight is 230 g/mol. The highest BCUT2D eigenvalue weighted by Crippen LogP contribution is 2.12. The highest BCUT2D eigenvalue weighted by molar-refractivity contribution is 5.97. The van der Waals surface area contributed by atoms with E-state index >= 15 is 0 Å². The lowest BCUT2D eigenvalue weighted by molar-refractivity contribution is 0.0924. The Labute approximate surface area is 99.3 Å². The SMILES string of the molecule is CC(O)CNC(=O)c1cnc2ccccc2c1. The molecule has 0 aliphatic carbocycles. The number of carbonyl (C=O) groups excluding carboxylic acids is 1. The molecule has 1 amide bonds. The summed E-state index contributed by atoms with van der Waals surface area (Å²) in [6.07, 6.45) is 0.993. The first-order valence-electron chi connectivity index (χ1n) is 5.48. The third-order valence-electron chi connectivity index (χ3n) is 2.41. The van der Waals surface area contributed by atoms with Gasteiger partial charge in [0, 0.05) is 18.1 Å². The lowest BCUT2D eigenvalue weighted by atomic mass is 10.1. The summed E-state index contributed by atoms with van der Waals surface area (Å²) >= 11 is 0. The first-order valence-corrected chi connectivity index (χ1v) is 5.48. The van der Waals surface area contributed by atoms with Crippen LogP contribution in [-0.4, -0.2) is 28.6 Å². The fourth-order valence-corrected chi connectivity index (χ4v) is 1.54. The minimum atomic E-state index is -0.549. The van der Waals surface area contributed by atoms with Crippen LogP contribution >= 0.6 is 0 Å². The van der Waals surface area contributed by atoms with Crippen LogP contribution in [0.2, 0.25) is 0 Å². The second-order valence-electron chi connectivity index (χ2n) is 3.98. The minimum absolute atomic E-state index is 0.218. The molecular weight excluding hydrogens is 216 g/mol. The van der Waals surface area contributed by atoms with Crippen LogP contribution in [0, 0.1) is 0 Å². The van der Waals surface area contributed by atoms with E-state index in [9.17, 15) is 4.79 Å². The molecule has 0 radical (unpaired) electrons. The number of hydrogen-bond donors (Lipinski definition) is 2. The van der Waals surface area contributed by atoms with Gasteiger partial charge in [-0.3, -0.25) is 9.78 Å². The van der Waals surface area contributed by atoms with Gasteiger partial charge in [0.1, 0.15) is 0 Å². The smallest absolute Gasteiger partial charge is 0.252 e. The normalized spacial score (nSPS) is 12.4. The Morgan fingerprint density at radius 2 is 2.24 bits per heavy atom. The largest absolute Gasteiger partial charge is 0.392 e. The van der Waals surface area contributed by atoms with Gasteiger partial charge < -0.3 is 10.4 Å². The van der Waals surface area contributed by atoms with E-state index in [1.54, 1.807) is 19.2 Å². The van der Waals surface area contributed by atoms with Gasteiger partial charge in [0.25, 0.3) is 5.91 Å². The van der Waals surface area contributed by atoms with Crippen LogP contribution < -0.4 is 5.32 Å². The van der Waals surface area contributed by atoms with Gasteiger partial charge in [-0.15, -0.1) is 0 Å². The van der Waals surface area contributed by atoms with Crippen LogP contribution in [0.5, 0.6) is 0 Å². The molecule has 4 heteroatoms. The molecule has 2 rings (SSSR count). The van der Waals surface area contributed by atoms with Gasteiger partial charge in [0.15, 0.2) is 0 Å². The molecule has 0 bridgehead atoms. The quantitative estimate of drug-likeness (QED) is 0.836. The lowest BCUT2D eigenvalue weighted by Crippen LogP contribution is -2.30. The first-order chi connectivity index (χ1) is 8.16. The molecule has 4 nitrogen and oxygen atoms in total. The number of nitrogens with one attached hydrogen (secondary N) is 1. The number of para-hydroxylation sites is 1. The highest BCUT2D eigenvalue weighted by atomic mass is 16.3. The van der Waals surface area contributed by atoms with Crippen LogP contribution in [0.25, 0.3) is 10.9 Å². The van der Waals surface area contributed by atoms with Crippen molar-refractivity contribution < 1.29 is 9.90 Å². The van der Waals surface area contributed by atoms with Crippen molar-refractivity contribution in [3.05, 3.63) is 42.1 Å². The van der Waals surface area contributed by atoms with Gasteiger partial charge in [0.05, 0.1) is 17.2 Å². The van der Waals surface area contributed by atoms with Gasteiger partial charge >= 0.3 is 0 Å². The van der Waals surface area contributed by atoms with Crippen LogP contribution in [-0.2, 0) is 0 Å². The van der Waals surface area contributed by atoms with E-state index in [0.717, 1.165) is 10.9 Å². The molecular formula is C13H14N2O2. The zero-order chi connectivity index (χ0) is 12.3. The molecule has 0 saturated carbocycles. The Morgan fingerprint density at radius 1 is 1.47 bits per heavy atom. The fraction of sp³-hybridized carbons (Fsp3) is 0.231. The van der Waals surface area contributed by atoms with E-state index in [2.05, 4.69) is 10.3 Å². The van der Waals surface area contributed by atoms with E-state index in [-0.39, 0.29) is 12.5 Å². The minimum Gasteiger partial charge on any atom is -0.392 e. The number of aromatic nitrogens is 1.